The molecule has 0 amide bonds. The lowest BCUT2D eigenvalue weighted by Crippen LogP contribution is -2.19. The van der Waals surface area contributed by atoms with Gasteiger partial charge in [-0.05, 0) is 35.1 Å². The van der Waals surface area contributed by atoms with Crippen LogP contribution in [0.3, 0.4) is 0 Å². The second-order valence-electron chi connectivity index (χ2n) is 5.02. The predicted molar refractivity (Wildman–Crippen MR) is 89.0 cm³/mol. The van der Waals surface area contributed by atoms with Gasteiger partial charge in [-0.2, -0.15) is 0 Å². The standard InChI is InChI=1S/C17H20N2S/c1-2-3-12-20-16-9-8-15(17-18-10-11-19-17)13-6-4-5-7-14(13)16/h4-9H,2-3,10-12H2,1H3,(H,18,19). The van der Waals surface area contributed by atoms with Crippen LogP contribution in [0.5, 0.6) is 0 Å². The number of rotatable bonds is 5. The highest BCUT2D eigenvalue weighted by atomic mass is 32.2. The van der Waals surface area contributed by atoms with Crippen LogP contribution in [0.4, 0.5) is 0 Å². The topological polar surface area (TPSA) is 24.4 Å². The van der Waals surface area contributed by atoms with Crippen molar-refractivity contribution in [3.05, 3.63) is 42.0 Å². The first-order chi connectivity index (χ1) is 9.90. The Hall–Kier alpha value is -1.48. The van der Waals surface area contributed by atoms with Crippen LogP contribution in [0.1, 0.15) is 25.3 Å². The first-order valence-electron chi connectivity index (χ1n) is 7.33. The van der Waals surface area contributed by atoms with E-state index in [1.54, 1.807) is 0 Å². The molecule has 0 radical (unpaired) electrons. The fourth-order valence-electron chi connectivity index (χ4n) is 2.51. The van der Waals surface area contributed by atoms with Crippen LogP contribution in [0.15, 0.2) is 46.3 Å². The molecule has 0 bridgehead atoms. The number of unbranched alkanes of at least 4 members (excludes halogenated alkanes) is 1. The van der Waals surface area contributed by atoms with E-state index in [-0.39, 0.29) is 0 Å². The minimum atomic E-state index is 0.886. The quantitative estimate of drug-likeness (QED) is 0.661. The monoisotopic (exact) mass is 284 g/mol. The Morgan fingerprint density at radius 2 is 2.00 bits per heavy atom. The molecular formula is C17H20N2S. The first-order valence-corrected chi connectivity index (χ1v) is 8.32. The van der Waals surface area contributed by atoms with Gasteiger partial charge in [0.15, 0.2) is 0 Å². The van der Waals surface area contributed by atoms with E-state index in [0.29, 0.717) is 0 Å². The van der Waals surface area contributed by atoms with Crippen LogP contribution < -0.4 is 5.32 Å². The van der Waals surface area contributed by atoms with E-state index >= 15 is 0 Å². The zero-order valence-electron chi connectivity index (χ0n) is 11.9. The van der Waals surface area contributed by atoms with E-state index in [2.05, 4.69) is 53.6 Å². The van der Waals surface area contributed by atoms with Crippen LogP contribution in [0.25, 0.3) is 10.8 Å². The second-order valence-corrected chi connectivity index (χ2v) is 6.15. The molecule has 2 nitrogen and oxygen atoms in total. The van der Waals surface area contributed by atoms with Gasteiger partial charge in [0.25, 0.3) is 0 Å². The number of thioether (sulfide) groups is 1. The largest absolute Gasteiger partial charge is 0.368 e. The SMILES string of the molecule is CCCCSc1ccc(C2=NCCN2)c2ccccc12. The number of fused-ring (bicyclic) bond motifs is 1. The van der Waals surface area contributed by atoms with Gasteiger partial charge in [-0.15, -0.1) is 11.8 Å². The lowest BCUT2D eigenvalue weighted by Gasteiger charge is -2.11. The van der Waals surface area contributed by atoms with E-state index in [1.807, 2.05) is 11.8 Å². The molecule has 0 aliphatic carbocycles. The van der Waals surface area contributed by atoms with Gasteiger partial charge < -0.3 is 5.32 Å². The van der Waals surface area contributed by atoms with Crippen LogP contribution in [0, 0.1) is 0 Å². The van der Waals surface area contributed by atoms with Crippen molar-refractivity contribution in [2.24, 2.45) is 4.99 Å². The average Bonchev–Trinajstić information content (AvgIpc) is 3.01. The summed E-state index contributed by atoms with van der Waals surface area (Å²) < 4.78 is 0. The molecule has 0 aromatic heterocycles. The minimum Gasteiger partial charge on any atom is -0.368 e. The fraction of sp³-hybridized carbons (Fsp3) is 0.353. The number of aliphatic imine (C=N–C) groups is 1. The Morgan fingerprint density at radius 1 is 1.15 bits per heavy atom. The molecule has 2 aromatic carbocycles. The maximum absolute atomic E-state index is 4.56. The second kappa shape index (κ2) is 6.31. The van der Waals surface area contributed by atoms with Crippen molar-refractivity contribution in [2.45, 2.75) is 24.7 Å². The van der Waals surface area contributed by atoms with Crippen LogP contribution in [-0.2, 0) is 0 Å². The summed E-state index contributed by atoms with van der Waals surface area (Å²) >= 11 is 1.97. The molecule has 3 heteroatoms. The molecule has 1 aliphatic rings. The summed E-state index contributed by atoms with van der Waals surface area (Å²) in [5.41, 5.74) is 1.23. The average molecular weight is 284 g/mol. The highest BCUT2D eigenvalue weighted by Gasteiger charge is 2.13. The van der Waals surface area contributed by atoms with Gasteiger partial charge >= 0.3 is 0 Å². The summed E-state index contributed by atoms with van der Waals surface area (Å²) in [6, 6.07) is 13.1. The molecule has 0 fully saturated rings. The fourth-order valence-corrected chi connectivity index (χ4v) is 3.66. The molecule has 0 spiro atoms. The smallest absolute Gasteiger partial charge is 0.129 e. The first kappa shape index (κ1) is 13.5. The van der Waals surface area contributed by atoms with Gasteiger partial charge in [0, 0.05) is 17.0 Å². The molecule has 1 N–H and O–H groups in total. The number of amidine groups is 1. The number of benzene rings is 2. The Balaban J connectivity index is 2.01. The highest BCUT2D eigenvalue weighted by Crippen LogP contribution is 2.31. The third-order valence-electron chi connectivity index (χ3n) is 3.57. The molecule has 2 aromatic rings. The van der Waals surface area contributed by atoms with Gasteiger partial charge in [-0.25, -0.2) is 0 Å². The molecule has 0 atom stereocenters. The summed E-state index contributed by atoms with van der Waals surface area (Å²) in [4.78, 5) is 5.95. The van der Waals surface area contributed by atoms with E-state index in [1.165, 1.54) is 39.8 Å². The van der Waals surface area contributed by atoms with Gasteiger partial charge in [0.2, 0.25) is 0 Å². The van der Waals surface area contributed by atoms with Crippen molar-refractivity contribution < 1.29 is 0 Å². The van der Waals surface area contributed by atoms with Crippen LogP contribution in [0.2, 0.25) is 0 Å². The summed E-state index contributed by atoms with van der Waals surface area (Å²) in [6.07, 6.45) is 2.53. The Kier molecular flexibility index (Phi) is 4.26. The van der Waals surface area contributed by atoms with Crippen molar-refractivity contribution in [3.8, 4) is 0 Å². The Labute approximate surface area is 124 Å². The molecule has 20 heavy (non-hydrogen) atoms. The third kappa shape index (κ3) is 2.68. The predicted octanol–water partition coefficient (Wildman–Crippen LogP) is 4.08. The molecular weight excluding hydrogens is 264 g/mol. The normalized spacial score (nSPS) is 14.3. The number of nitrogens with one attached hydrogen (secondary N) is 1. The maximum Gasteiger partial charge on any atom is 0.129 e. The van der Waals surface area contributed by atoms with Gasteiger partial charge in [-0.1, -0.05) is 37.6 Å². The minimum absolute atomic E-state index is 0.886. The lowest BCUT2D eigenvalue weighted by atomic mass is 10.0. The summed E-state index contributed by atoms with van der Waals surface area (Å²) in [5.74, 6) is 2.24. The van der Waals surface area contributed by atoms with Crippen molar-refractivity contribution in [2.75, 3.05) is 18.8 Å². The Morgan fingerprint density at radius 3 is 2.75 bits per heavy atom. The molecule has 1 heterocycles. The van der Waals surface area contributed by atoms with Gasteiger partial charge in [0.05, 0.1) is 6.54 Å². The molecule has 0 unspecified atom stereocenters. The van der Waals surface area contributed by atoms with Crippen LogP contribution in [-0.4, -0.2) is 24.7 Å². The zero-order valence-corrected chi connectivity index (χ0v) is 12.7. The molecule has 3 rings (SSSR count). The number of hydrogen-bond donors (Lipinski definition) is 1. The zero-order chi connectivity index (χ0) is 13.8. The molecule has 0 saturated heterocycles. The summed E-state index contributed by atoms with van der Waals surface area (Å²) in [6.45, 7) is 4.08. The van der Waals surface area contributed by atoms with Crippen molar-refractivity contribution >= 4 is 28.4 Å². The number of nitrogens with zero attached hydrogens (tertiary/aromatic N) is 1. The number of hydrogen-bond acceptors (Lipinski definition) is 3. The third-order valence-corrected chi connectivity index (χ3v) is 4.73. The Bertz CT molecular complexity index is 634. The molecule has 0 saturated carbocycles. The molecule has 1 aliphatic heterocycles. The van der Waals surface area contributed by atoms with Crippen molar-refractivity contribution in [1.82, 2.24) is 5.32 Å². The van der Waals surface area contributed by atoms with E-state index in [0.717, 1.165) is 18.9 Å². The van der Waals surface area contributed by atoms with Crippen molar-refractivity contribution in [3.63, 3.8) is 0 Å². The summed E-state index contributed by atoms with van der Waals surface area (Å²) in [5, 5.41) is 6.04. The summed E-state index contributed by atoms with van der Waals surface area (Å²) in [7, 11) is 0. The van der Waals surface area contributed by atoms with Gasteiger partial charge in [-0.3, -0.25) is 4.99 Å². The van der Waals surface area contributed by atoms with Crippen LogP contribution >= 0.6 is 11.8 Å². The van der Waals surface area contributed by atoms with E-state index in [4.69, 9.17) is 0 Å². The molecule has 104 valence electrons. The van der Waals surface area contributed by atoms with E-state index < -0.39 is 0 Å². The van der Waals surface area contributed by atoms with E-state index in [9.17, 15) is 0 Å². The van der Waals surface area contributed by atoms with Crippen molar-refractivity contribution in [1.29, 1.82) is 0 Å². The van der Waals surface area contributed by atoms with Gasteiger partial charge in [0.1, 0.15) is 5.84 Å². The highest BCUT2D eigenvalue weighted by molar-refractivity contribution is 7.99. The lowest BCUT2D eigenvalue weighted by molar-refractivity contribution is 0.896. The maximum atomic E-state index is 4.56.